The maximum Gasteiger partial charge on any atom is 0.215 e. The van der Waals surface area contributed by atoms with Gasteiger partial charge in [0.1, 0.15) is 5.52 Å². The van der Waals surface area contributed by atoms with Gasteiger partial charge in [-0.1, -0.05) is 11.6 Å². The van der Waals surface area contributed by atoms with Crippen molar-refractivity contribution in [3.63, 3.8) is 0 Å². The maximum atomic E-state index is 6.01. The van der Waals surface area contributed by atoms with Crippen molar-refractivity contribution >= 4 is 45.9 Å². The fourth-order valence-corrected chi connectivity index (χ4v) is 2.37. The number of halogens is 1. The summed E-state index contributed by atoms with van der Waals surface area (Å²) in [5, 5.41) is 8.65. The molecule has 17 heavy (non-hydrogen) atoms. The minimum absolute atomic E-state index is 0.390. The monoisotopic (exact) mass is 264 g/mol. The second-order valence-electron chi connectivity index (χ2n) is 3.72. The van der Waals surface area contributed by atoms with E-state index in [9.17, 15) is 0 Å². The van der Waals surface area contributed by atoms with E-state index in [1.165, 1.54) is 0 Å². The lowest BCUT2D eigenvalue weighted by atomic mass is 10.2. The molecule has 0 fully saturated rings. The highest BCUT2D eigenvalue weighted by molar-refractivity contribution is 7.71. The van der Waals surface area contributed by atoms with Crippen LogP contribution in [-0.2, 0) is 6.54 Å². The summed E-state index contributed by atoms with van der Waals surface area (Å²) < 4.78 is 2.47. The van der Waals surface area contributed by atoms with Gasteiger partial charge in [-0.25, -0.2) is 0 Å². The first-order valence-electron chi connectivity index (χ1n) is 5.25. The normalized spacial score (nSPS) is 11.4. The first kappa shape index (κ1) is 10.7. The molecule has 0 aliphatic carbocycles. The Morgan fingerprint density at radius 1 is 1.47 bits per heavy atom. The van der Waals surface area contributed by atoms with Crippen LogP contribution in [0.25, 0.3) is 22.1 Å². The van der Waals surface area contributed by atoms with Crippen molar-refractivity contribution in [2.24, 2.45) is 0 Å². The van der Waals surface area contributed by atoms with Gasteiger partial charge < -0.3 is 4.57 Å². The van der Waals surface area contributed by atoms with Crippen molar-refractivity contribution in [2.45, 2.75) is 13.5 Å². The molecule has 0 atom stereocenters. The predicted molar refractivity (Wildman–Crippen MR) is 70.9 cm³/mol. The van der Waals surface area contributed by atoms with Gasteiger partial charge in [0, 0.05) is 17.0 Å². The van der Waals surface area contributed by atoms with Crippen LogP contribution < -0.4 is 0 Å². The minimum atomic E-state index is 0.390. The van der Waals surface area contributed by atoms with Crippen LogP contribution in [0.5, 0.6) is 0 Å². The number of H-pyrrole nitrogens is 1. The molecule has 1 aromatic carbocycles. The molecule has 0 aliphatic rings. The van der Waals surface area contributed by atoms with Crippen molar-refractivity contribution < 1.29 is 0 Å². The van der Waals surface area contributed by atoms with Gasteiger partial charge in [-0.05, 0) is 37.3 Å². The molecule has 1 N–H and O–H groups in total. The van der Waals surface area contributed by atoms with Crippen LogP contribution in [0.3, 0.4) is 0 Å². The molecule has 6 heteroatoms. The fourth-order valence-electron chi connectivity index (χ4n) is 2.06. The average molecular weight is 265 g/mol. The molecule has 0 bridgehead atoms. The van der Waals surface area contributed by atoms with Crippen molar-refractivity contribution in [1.82, 2.24) is 19.7 Å². The zero-order valence-corrected chi connectivity index (χ0v) is 10.6. The summed E-state index contributed by atoms with van der Waals surface area (Å²) in [4.78, 5) is 4.33. The largest absolute Gasteiger partial charge is 0.324 e. The molecular formula is C11H9ClN4S. The molecule has 0 saturated carbocycles. The van der Waals surface area contributed by atoms with Crippen LogP contribution in [0.15, 0.2) is 18.2 Å². The molecule has 3 rings (SSSR count). The first-order valence-corrected chi connectivity index (χ1v) is 6.03. The molecule has 4 nitrogen and oxygen atoms in total. The topological polar surface area (TPSA) is 46.5 Å². The highest BCUT2D eigenvalue weighted by atomic mass is 35.5. The molecule has 0 radical (unpaired) electrons. The highest BCUT2D eigenvalue weighted by Crippen LogP contribution is 2.27. The zero-order valence-electron chi connectivity index (χ0n) is 9.07. The van der Waals surface area contributed by atoms with Gasteiger partial charge in [0.15, 0.2) is 5.65 Å². The first-order chi connectivity index (χ1) is 8.20. The number of aromatic amines is 1. The number of hydrogen-bond acceptors (Lipinski definition) is 3. The second kappa shape index (κ2) is 3.78. The number of aromatic nitrogens is 4. The van der Waals surface area contributed by atoms with E-state index < -0.39 is 0 Å². The number of nitrogens with one attached hydrogen (secondary N) is 1. The molecular weight excluding hydrogens is 256 g/mol. The molecule has 2 aromatic heterocycles. The molecule has 0 aliphatic heterocycles. The summed E-state index contributed by atoms with van der Waals surface area (Å²) in [6, 6.07) is 5.75. The van der Waals surface area contributed by atoms with Gasteiger partial charge in [-0.2, -0.15) is 10.1 Å². The lowest BCUT2D eigenvalue weighted by Gasteiger charge is -2.00. The van der Waals surface area contributed by atoms with Gasteiger partial charge in [-0.15, -0.1) is 0 Å². The Morgan fingerprint density at radius 2 is 2.29 bits per heavy atom. The quantitative estimate of drug-likeness (QED) is 0.686. The summed E-state index contributed by atoms with van der Waals surface area (Å²) in [6.45, 7) is 2.88. The molecule has 0 unspecified atom stereocenters. The summed E-state index contributed by atoms with van der Waals surface area (Å²) in [7, 11) is 0. The van der Waals surface area contributed by atoms with Crippen LogP contribution in [-0.4, -0.2) is 19.7 Å². The Labute approximate surface area is 107 Å². The summed E-state index contributed by atoms with van der Waals surface area (Å²) in [5.74, 6) is 0. The number of fused-ring (bicyclic) bond motifs is 3. The molecule has 2 heterocycles. The summed E-state index contributed by atoms with van der Waals surface area (Å²) >= 11 is 11.0. The standard InChI is InChI=1S/C11H9ClN4S/c1-2-16-8-4-3-6(12)5-7(8)9-10(16)13-11(17)15-14-9/h3-5H,2H2,1H3,(H,13,15,17). The van der Waals surface area contributed by atoms with E-state index in [0.29, 0.717) is 9.79 Å². The lowest BCUT2D eigenvalue weighted by Crippen LogP contribution is -1.96. The summed E-state index contributed by atoms with van der Waals surface area (Å²) in [6.07, 6.45) is 0. The van der Waals surface area contributed by atoms with Crippen molar-refractivity contribution in [3.05, 3.63) is 28.0 Å². The predicted octanol–water partition coefficient (Wildman–Crippen LogP) is 3.32. The SMILES string of the molecule is CCn1c2ccc(Cl)cc2c2n[nH]c(=S)nc21. The van der Waals surface area contributed by atoms with Crippen molar-refractivity contribution in [1.29, 1.82) is 0 Å². The Morgan fingerprint density at radius 3 is 3.06 bits per heavy atom. The minimum Gasteiger partial charge on any atom is -0.324 e. The molecule has 0 saturated heterocycles. The van der Waals surface area contributed by atoms with E-state index in [4.69, 9.17) is 23.8 Å². The Bertz CT molecular complexity index is 774. The highest BCUT2D eigenvalue weighted by Gasteiger charge is 2.12. The molecule has 86 valence electrons. The third-order valence-electron chi connectivity index (χ3n) is 2.76. The van der Waals surface area contributed by atoms with Crippen molar-refractivity contribution in [2.75, 3.05) is 0 Å². The van der Waals surface area contributed by atoms with E-state index in [-0.39, 0.29) is 0 Å². The number of rotatable bonds is 1. The fraction of sp³-hybridized carbons (Fsp3) is 0.182. The van der Waals surface area contributed by atoms with E-state index in [2.05, 4.69) is 26.7 Å². The maximum absolute atomic E-state index is 6.01. The zero-order chi connectivity index (χ0) is 12.0. The van der Waals surface area contributed by atoms with E-state index >= 15 is 0 Å². The van der Waals surface area contributed by atoms with Crippen LogP contribution in [0.1, 0.15) is 6.92 Å². The lowest BCUT2D eigenvalue weighted by molar-refractivity contribution is 0.808. The molecule has 0 amide bonds. The van der Waals surface area contributed by atoms with Crippen LogP contribution >= 0.6 is 23.8 Å². The van der Waals surface area contributed by atoms with Crippen LogP contribution in [0.4, 0.5) is 0 Å². The smallest absolute Gasteiger partial charge is 0.215 e. The van der Waals surface area contributed by atoms with E-state index in [1.807, 2.05) is 18.2 Å². The van der Waals surface area contributed by atoms with E-state index in [0.717, 1.165) is 28.6 Å². The Balaban J connectivity index is 2.61. The Hall–Kier alpha value is -1.46. The third-order valence-corrected chi connectivity index (χ3v) is 3.18. The van der Waals surface area contributed by atoms with Crippen LogP contribution in [0, 0.1) is 4.77 Å². The van der Waals surface area contributed by atoms with Crippen molar-refractivity contribution in [3.8, 4) is 0 Å². The Kier molecular flexibility index (Phi) is 2.38. The second-order valence-corrected chi connectivity index (χ2v) is 4.54. The number of benzene rings is 1. The van der Waals surface area contributed by atoms with Gasteiger partial charge in [0.2, 0.25) is 4.77 Å². The van der Waals surface area contributed by atoms with Gasteiger partial charge in [-0.3, -0.25) is 5.10 Å². The number of nitrogens with zero attached hydrogens (tertiary/aromatic N) is 3. The molecule has 3 aromatic rings. The number of hydrogen-bond donors (Lipinski definition) is 1. The summed E-state index contributed by atoms with van der Waals surface area (Å²) in [5.41, 5.74) is 2.67. The van der Waals surface area contributed by atoms with E-state index in [1.54, 1.807) is 0 Å². The molecule has 0 spiro atoms. The van der Waals surface area contributed by atoms with Gasteiger partial charge in [0.05, 0.1) is 5.52 Å². The third kappa shape index (κ3) is 1.54. The van der Waals surface area contributed by atoms with Crippen LogP contribution in [0.2, 0.25) is 5.02 Å². The average Bonchev–Trinajstić information content (AvgIpc) is 2.61. The van der Waals surface area contributed by atoms with Gasteiger partial charge >= 0.3 is 0 Å². The van der Waals surface area contributed by atoms with Gasteiger partial charge in [0.25, 0.3) is 0 Å². The number of aryl methyl sites for hydroxylation is 1.